The van der Waals surface area contributed by atoms with Gasteiger partial charge in [0.2, 0.25) is 5.91 Å². The Bertz CT molecular complexity index is 599. The third-order valence-corrected chi connectivity index (χ3v) is 8.69. The zero-order valence-electron chi connectivity index (χ0n) is 22.7. The van der Waals surface area contributed by atoms with Gasteiger partial charge in [-0.25, -0.2) is 0 Å². The van der Waals surface area contributed by atoms with Gasteiger partial charge in [-0.3, -0.25) is 9.59 Å². The first-order valence-electron chi connectivity index (χ1n) is 14.7. The van der Waals surface area contributed by atoms with E-state index in [9.17, 15) is 19.8 Å². The number of nitrogens with one attached hydrogen (secondary N) is 2. The maximum absolute atomic E-state index is 12.3. The van der Waals surface area contributed by atoms with Gasteiger partial charge in [-0.1, -0.05) is 39.5 Å². The molecule has 204 valence electrons. The molecule has 1 atom stereocenters. The number of amides is 1. The fourth-order valence-electron chi connectivity index (χ4n) is 6.10. The molecule has 0 bridgehead atoms. The van der Waals surface area contributed by atoms with E-state index in [2.05, 4.69) is 12.2 Å². The van der Waals surface area contributed by atoms with E-state index in [1.807, 2.05) is 6.92 Å². The lowest BCUT2D eigenvalue weighted by Gasteiger charge is -2.44. The molecule has 2 saturated heterocycles. The Hall–Kier alpha value is -1.02. The van der Waals surface area contributed by atoms with Crippen molar-refractivity contribution in [1.29, 1.82) is 0 Å². The van der Waals surface area contributed by atoms with Crippen molar-refractivity contribution in [1.82, 2.24) is 5.32 Å². The summed E-state index contributed by atoms with van der Waals surface area (Å²) in [6.45, 7) is 11.4. The largest absolute Gasteiger partial charge is 0.393 e. The summed E-state index contributed by atoms with van der Waals surface area (Å²) in [5, 5.41) is 22.6. The zero-order valence-corrected chi connectivity index (χ0v) is 22.7. The van der Waals surface area contributed by atoms with Gasteiger partial charge in [0.25, 0.3) is 0 Å². The maximum Gasteiger partial charge on any atom is 0.225 e. The first kappa shape index (κ1) is 30.2. The Morgan fingerprint density at radius 3 is 2.26 bits per heavy atom. The number of Topliss-reactive ketones (excluding diaryl/α,β-unsaturated/α-hetero) is 1. The van der Waals surface area contributed by atoms with Crippen molar-refractivity contribution in [3.05, 3.63) is 0 Å². The van der Waals surface area contributed by atoms with Crippen molar-refractivity contribution in [2.75, 3.05) is 59.0 Å². The Morgan fingerprint density at radius 1 is 1.00 bits per heavy atom. The summed E-state index contributed by atoms with van der Waals surface area (Å²) in [5.74, 6) is 2.11. The van der Waals surface area contributed by atoms with Crippen LogP contribution in [0.4, 0.5) is 0 Å². The molecule has 2 aliphatic rings. The molecule has 0 aromatic rings. The van der Waals surface area contributed by atoms with Crippen LogP contribution in [0.2, 0.25) is 0 Å². The SMILES string of the molecule is CCCCNC(=O)CC[N+]1(CC(O)CO)CCC(CCCC2CC[NH+](CCC(=O)CC)CC2)CC1. The van der Waals surface area contributed by atoms with E-state index in [-0.39, 0.29) is 12.5 Å². The van der Waals surface area contributed by atoms with Gasteiger partial charge in [-0.05, 0) is 43.9 Å². The summed E-state index contributed by atoms with van der Waals surface area (Å²) < 4.78 is 0.765. The number of carbonyl (C=O) groups is 2. The summed E-state index contributed by atoms with van der Waals surface area (Å²) in [6.07, 6.45) is 12.2. The van der Waals surface area contributed by atoms with Crippen LogP contribution in [0.1, 0.15) is 90.9 Å². The number of carbonyl (C=O) groups excluding carboxylic acids is 2. The normalized spacial score (nSPS) is 27.9. The van der Waals surface area contributed by atoms with E-state index in [0.29, 0.717) is 25.2 Å². The molecule has 4 N–H and O–H groups in total. The van der Waals surface area contributed by atoms with Crippen LogP contribution in [-0.2, 0) is 9.59 Å². The fourth-order valence-corrected chi connectivity index (χ4v) is 6.10. The van der Waals surface area contributed by atoms with E-state index in [4.69, 9.17) is 0 Å². The molecule has 2 aliphatic heterocycles. The van der Waals surface area contributed by atoms with Gasteiger partial charge in [0, 0.05) is 13.0 Å². The average molecular weight is 498 g/mol. The molecule has 0 saturated carbocycles. The third kappa shape index (κ3) is 11.7. The van der Waals surface area contributed by atoms with Gasteiger partial charge >= 0.3 is 0 Å². The summed E-state index contributed by atoms with van der Waals surface area (Å²) in [6, 6.07) is 0. The molecule has 1 amide bonds. The monoisotopic (exact) mass is 497 g/mol. The molecule has 0 aromatic heterocycles. The van der Waals surface area contributed by atoms with Gasteiger partial charge in [-0.15, -0.1) is 0 Å². The summed E-state index contributed by atoms with van der Waals surface area (Å²) in [7, 11) is 0. The second kappa shape index (κ2) is 16.7. The topological polar surface area (TPSA) is 91.1 Å². The van der Waals surface area contributed by atoms with Gasteiger partial charge in [0.15, 0.2) is 0 Å². The number of rotatable bonds is 17. The number of nitrogens with zero attached hydrogens (tertiary/aromatic N) is 1. The van der Waals surface area contributed by atoms with Gasteiger partial charge < -0.3 is 24.9 Å². The second-order valence-corrected chi connectivity index (χ2v) is 11.4. The van der Waals surface area contributed by atoms with Crippen LogP contribution >= 0.6 is 0 Å². The van der Waals surface area contributed by atoms with Crippen LogP contribution < -0.4 is 10.2 Å². The predicted molar refractivity (Wildman–Crippen MR) is 140 cm³/mol. The highest BCUT2D eigenvalue weighted by Gasteiger charge is 2.36. The standard InChI is InChI=1S/C28H53N3O4/c1-3-5-15-29-28(35)14-21-31(22-27(34)23-32)19-12-25(13-20-31)8-6-7-24-9-16-30(17-10-24)18-11-26(33)4-2/h24-25,27,32,34H,3-23H2,1-2H3/p+2. The Labute approximate surface area is 214 Å². The molecule has 2 rings (SSSR count). The lowest BCUT2D eigenvalue weighted by atomic mass is 9.86. The van der Waals surface area contributed by atoms with Crippen molar-refractivity contribution >= 4 is 11.7 Å². The minimum Gasteiger partial charge on any atom is -0.393 e. The van der Waals surface area contributed by atoms with E-state index in [1.54, 1.807) is 4.90 Å². The number of hydrogen-bond donors (Lipinski definition) is 4. The number of aliphatic hydroxyl groups excluding tert-OH is 2. The van der Waals surface area contributed by atoms with Crippen LogP contribution in [-0.4, -0.2) is 91.5 Å². The second-order valence-electron chi connectivity index (χ2n) is 11.4. The van der Waals surface area contributed by atoms with Crippen molar-refractivity contribution in [3.63, 3.8) is 0 Å². The van der Waals surface area contributed by atoms with Gasteiger partial charge in [0.05, 0.1) is 58.7 Å². The molecular weight excluding hydrogens is 442 g/mol. The lowest BCUT2D eigenvalue weighted by molar-refractivity contribution is -0.935. The minimum absolute atomic E-state index is 0.112. The lowest BCUT2D eigenvalue weighted by Crippen LogP contribution is -3.13. The molecule has 0 aliphatic carbocycles. The van der Waals surface area contributed by atoms with Gasteiger partial charge in [0.1, 0.15) is 18.4 Å². The van der Waals surface area contributed by atoms with Crippen LogP contribution in [0, 0.1) is 11.8 Å². The number of unbranched alkanes of at least 4 members (excludes halogenated alkanes) is 1. The number of piperidine rings is 2. The molecule has 7 heteroatoms. The molecule has 0 spiro atoms. The molecular formula is C28H55N3O4+2. The highest BCUT2D eigenvalue weighted by atomic mass is 16.3. The van der Waals surface area contributed by atoms with Crippen LogP contribution in [0.3, 0.4) is 0 Å². The Balaban J connectivity index is 1.67. The molecule has 2 fully saturated rings. The van der Waals surface area contributed by atoms with Crippen molar-refractivity contribution in [3.8, 4) is 0 Å². The Kier molecular flexibility index (Phi) is 14.4. The van der Waals surface area contributed by atoms with Gasteiger partial charge in [-0.2, -0.15) is 0 Å². The molecule has 1 unspecified atom stereocenters. The van der Waals surface area contributed by atoms with Crippen LogP contribution in [0.25, 0.3) is 0 Å². The number of ketones is 1. The summed E-state index contributed by atoms with van der Waals surface area (Å²) in [5.41, 5.74) is 0. The number of aliphatic hydroxyl groups is 2. The molecule has 7 nitrogen and oxygen atoms in total. The molecule has 0 aromatic carbocycles. The molecule has 35 heavy (non-hydrogen) atoms. The summed E-state index contributed by atoms with van der Waals surface area (Å²) >= 11 is 0. The third-order valence-electron chi connectivity index (χ3n) is 8.69. The summed E-state index contributed by atoms with van der Waals surface area (Å²) in [4.78, 5) is 25.5. The highest BCUT2D eigenvalue weighted by molar-refractivity contribution is 5.78. The molecule has 2 heterocycles. The van der Waals surface area contributed by atoms with Crippen molar-refractivity contribution in [2.45, 2.75) is 97.0 Å². The van der Waals surface area contributed by atoms with E-state index < -0.39 is 6.10 Å². The maximum atomic E-state index is 12.3. The van der Waals surface area contributed by atoms with E-state index >= 15 is 0 Å². The van der Waals surface area contributed by atoms with Crippen LogP contribution in [0.5, 0.6) is 0 Å². The first-order valence-corrected chi connectivity index (χ1v) is 14.7. The number of hydrogen-bond acceptors (Lipinski definition) is 4. The van der Waals surface area contributed by atoms with E-state index in [1.165, 1.54) is 45.2 Å². The van der Waals surface area contributed by atoms with Crippen molar-refractivity contribution in [2.24, 2.45) is 11.8 Å². The number of likely N-dealkylation sites (tertiary alicyclic amines) is 2. The average Bonchev–Trinajstić information content (AvgIpc) is 2.88. The zero-order chi connectivity index (χ0) is 25.5. The smallest absolute Gasteiger partial charge is 0.225 e. The fraction of sp³-hybridized carbons (Fsp3) is 0.929. The van der Waals surface area contributed by atoms with Crippen molar-refractivity contribution < 1.29 is 29.2 Å². The first-order chi connectivity index (χ1) is 16.9. The van der Waals surface area contributed by atoms with E-state index in [0.717, 1.165) is 81.1 Å². The predicted octanol–water partition coefficient (Wildman–Crippen LogP) is 1.71. The van der Waals surface area contributed by atoms with Crippen LogP contribution in [0.15, 0.2) is 0 Å². The Morgan fingerprint density at radius 2 is 1.66 bits per heavy atom. The minimum atomic E-state index is -0.706. The quantitative estimate of drug-likeness (QED) is 0.182. The highest BCUT2D eigenvalue weighted by Crippen LogP contribution is 2.29. The molecule has 0 radical (unpaired) electrons. The number of quaternary nitrogens is 2.